The fourth-order valence-corrected chi connectivity index (χ4v) is 2.41. The molecule has 5 heteroatoms. The van der Waals surface area contributed by atoms with Crippen molar-refractivity contribution in [2.75, 3.05) is 5.32 Å². The molecule has 0 spiro atoms. The number of hydrogen-bond donors (Lipinski definition) is 2. The highest BCUT2D eigenvalue weighted by molar-refractivity contribution is 5.92. The normalized spacial score (nSPS) is 16.2. The predicted molar refractivity (Wildman–Crippen MR) is 79.9 cm³/mol. The van der Waals surface area contributed by atoms with E-state index in [1.807, 2.05) is 27.7 Å². The number of rotatable bonds is 3. The Morgan fingerprint density at radius 2 is 1.90 bits per heavy atom. The Bertz CT molecular complexity index is 487. The van der Waals surface area contributed by atoms with Crippen LogP contribution in [-0.4, -0.2) is 27.5 Å². The molecule has 1 aliphatic carbocycles. The minimum Gasteiger partial charge on any atom is -0.350 e. The Kier molecular flexibility index (Phi) is 4.26. The van der Waals surface area contributed by atoms with Crippen LogP contribution in [0.4, 0.5) is 5.95 Å². The third-order valence-corrected chi connectivity index (χ3v) is 3.26. The van der Waals surface area contributed by atoms with Gasteiger partial charge in [-0.2, -0.15) is 0 Å². The maximum absolute atomic E-state index is 12.2. The summed E-state index contributed by atoms with van der Waals surface area (Å²) < 4.78 is 0. The zero-order chi connectivity index (χ0) is 14.8. The van der Waals surface area contributed by atoms with Crippen molar-refractivity contribution in [1.29, 1.82) is 0 Å². The summed E-state index contributed by atoms with van der Waals surface area (Å²) in [6, 6.07) is 2.04. The monoisotopic (exact) mass is 276 g/mol. The third kappa shape index (κ3) is 4.18. The van der Waals surface area contributed by atoms with Crippen molar-refractivity contribution in [3.05, 3.63) is 17.5 Å². The molecule has 110 valence electrons. The number of anilines is 1. The summed E-state index contributed by atoms with van der Waals surface area (Å²) in [4.78, 5) is 20.9. The average Bonchev–Trinajstić information content (AvgIpc) is 2.78. The van der Waals surface area contributed by atoms with E-state index in [4.69, 9.17) is 0 Å². The summed E-state index contributed by atoms with van der Waals surface area (Å²) in [6.45, 7) is 7.99. The second-order valence-corrected chi connectivity index (χ2v) is 6.55. The van der Waals surface area contributed by atoms with E-state index in [2.05, 4.69) is 20.6 Å². The number of carbonyl (C=O) groups is 1. The molecule has 1 aliphatic rings. The number of aromatic nitrogens is 2. The number of aryl methyl sites for hydroxylation is 1. The Labute approximate surface area is 120 Å². The molecule has 0 bridgehead atoms. The van der Waals surface area contributed by atoms with E-state index in [9.17, 15) is 4.79 Å². The Morgan fingerprint density at radius 1 is 1.25 bits per heavy atom. The van der Waals surface area contributed by atoms with Crippen molar-refractivity contribution in [2.24, 2.45) is 0 Å². The summed E-state index contributed by atoms with van der Waals surface area (Å²) in [5.74, 6) is 0.411. The fourth-order valence-electron chi connectivity index (χ4n) is 2.41. The summed E-state index contributed by atoms with van der Waals surface area (Å²) in [6.07, 6.45) is 4.54. The molecule has 1 heterocycles. The molecule has 2 rings (SSSR count). The molecular weight excluding hydrogens is 252 g/mol. The molecule has 0 atom stereocenters. The van der Waals surface area contributed by atoms with E-state index in [0.717, 1.165) is 18.5 Å². The lowest BCUT2D eigenvalue weighted by molar-refractivity contribution is 0.0932. The lowest BCUT2D eigenvalue weighted by Gasteiger charge is -2.21. The van der Waals surface area contributed by atoms with Crippen molar-refractivity contribution < 1.29 is 4.79 Å². The third-order valence-electron chi connectivity index (χ3n) is 3.26. The number of amides is 1. The second-order valence-electron chi connectivity index (χ2n) is 6.55. The summed E-state index contributed by atoms with van der Waals surface area (Å²) >= 11 is 0. The fraction of sp³-hybridized carbons (Fsp3) is 0.667. The Hall–Kier alpha value is -1.65. The molecule has 1 aromatic rings. The summed E-state index contributed by atoms with van der Waals surface area (Å²) in [7, 11) is 0. The van der Waals surface area contributed by atoms with Gasteiger partial charge in [0, 0.05) is 17.3 Å². The molecule has 1 aromatic heterocycles. The van der Waals surface area contributed by atoms with Gasteiger partial charge in [-0.05, 0) is 46.6 Å². The van der Waals surface area contributed by atoms with E-state index in [-0.39, 0.29) is 11.4 Å². The van der Waals surface area contributed by atoms with Gasteiger partial charge in [0.25, 0.3) is 5.91 Å². The van der Waals surface area contributed by atoms with Crippen LogP contribution in [0.2, 0.25) is 0 Å². The Morgan fingerprint density at radius 3 is 2.50 bits per heavy atom. The van der Waals surface area contributed by atoms with Crippen LogP contribution in [0, 0.1) is 6.92 Å². The smallest absolute Gasteiger partial charge is 0.270 e. The van der Waals surface area contributed by atoms with Gasteiger partial charge in [-0.3, -0.25) is 4.79 Å². The van der Waals surface area contributed by atoms with Gasteiger partial charge in [0.1, 0.15) is 5.69 Å². The van der Waals surface area contributed by atoms with E-state index >= 15 is 0 Å². The molecule has 0 saturated heterocycles. The highest BCUT2D eigenvalue weighted by Gasteiger charge is 2.20. The van der Waals surface area contributed by atoms with E-state index in [1.54, 1.807) is 6.07 Å². The zero-order valence-electron chi connectivity index (χ0n) is 12.8. The molecule has 0 radical (unpaired) electrons. The van der Waals surface area contributed by atoms with E-state index in [1.165, 1.54) is 12.8 Å². The first-order valence-electron chi connectivity index (χ1n) is 7.28. The highest BCUT2D eigenvalue weighted by atomic mass is 16.1. The molecule has 1 amide bonds. The van der Waals surface area contributed by atoms with Crippen LogP contribution < -0.4 is 10.6 Å². The second kappa shape index (κ2) is 5.77. The van der Waals surface area contributed by atoms with Gasteiger partial charge in [0.2, 0.25) is 5.95 Å². The SMILES string of the molecule is Cc1cc(C(=O)NC2CCCC2)nc(NC(C)(C)C)n1. The molecule has 1 fully saturated rings. The van der Waals surface area contributed by atoms with Gasteiger partial charge in [0.15, 0.2) is 0 Å². The lowest BCUT2D eigenvalue weighted by Crippen LogP contribution is -2.34. The predicted octanol–water partition coefficient (Wildman–Crippen LogP) is 2.67. The molecule has 0 unspecified atom stereocenters. The van der Waals surface area contributed by atoms with Crippen molar-refractivity contribution >= 4 is 11.9 Å². The maximum atomic E-state index is 12.2. The standard InChI is InChI=1S/C15H24N4O/c1-10-9-12(13(20)17-11-7-5-6-8-11)18-14(16-10)19-15(2,3)4/h9,11H,5-8H2,1-4H3,(H,17,20)(H,16,18,19). The first-order chi connectivity index (χ1) is 9.33. The van der Waals surface area contributed by atoms with Gasteiger partial charge in [-0.15, -0.1) is 0 Å². The van der Waals surface area contributed by atoms with Crippen LogP contribution in [0.5, 0.6) is 0 Å². The average molecular weight is 276 g/mol. The minimum atomic E-state index is -0.132. The molecule has 1 saturated carbocycles. The van der Waals surface area contributed by atoms with Crippen LogP contribution in [0.15, 0.2) is 6.07 Å². The minimum absolute atomic E-state index is 0.0978. The number of hydrogen-bond acceptors (Lipinski definition) is 4. The maximum Gasteiger partial charge on any atom is 0.270 e. The van der Waals surface area contributed by atoms with Gasteiger partial charge in [-0.1, -0.05) is 12.8 Å². The van der Waals surface area contributed by atoms with Gasteiger partial charge >= 0.3 is 0 Å². The topological polar surface area (TPSA) is 66.9 Å². The highest BCUT2D eigenvalue weighted by Crippen LogP contribution is 2.18. The van der Waals surface area contributed by atoms with Gasteiger partial charge < -0.3 is 10.6 Å². The van der Waals surface area contributed by atoms with Crippen LogP contribution in [0.25, 0.3) is 0 Å². The quantitative estimate of drug-likeness (QED) is 0.890. The molecule has 0 aromatic carbocycles. The molecule has 5 nitrogen and oxygen atoms in total. The van der Waals surface area contributed by atoms with Crippen molar-refractivity contribution in [2.45, 2.75) is 65.0 Å². The van der Waals surface area contributed by atoms with Gasteiger partial charge in [0.05, 0.1) is 0 Å². The van der Waals surface area contributed by atoms with E-state index in [0.29, 0.717) is 17.7 Å². The Balaban J connectivity index is 2.12. The van der Waals surface area contributed by atoms with Gasteiger partial charge in [-0.25, -0.2) is 9.97 Å². The number of carbonyl (C=O) groups excluding carboxylic acids is 1. The molecule has 2 N–H and O–H groups in total. The first kappa shape index (κ1) is 14.8. The number of nitrogens with one attached hydrogen (secondary N) is 2. The van der Waals surface area contributed by atoms with Crippen molar-refractivity contribution in [3.8, 4) is 0 Å². The molecule has 0 aliphatic heterocycles. The van der Waals surface area contributed by atoms with Crippen LogP contribution >= 0.6 is 0 Å². The summed E-state index contributed by atoms with van der Waals surface area (Å²) in [5.41, 5.74) is 1.10. The number of nitrogens with zero attached hydrogens (tertiary/aromatic N) is 2. The van der Waals surface area contributed by atoms with Crippen molar-refractivity contribution in [3.63, 3.8) is 0 Å². The zero-order valence-corrected chi connectivity index (χ0v) is 12.8. The molecule has 20 heavy (non-hydrogen) atoms. The van der Waals surface area contributed by atoms with Crippen LogP contribution in [-0.2, 0) is 0 Å². The van der Waals surface area contributed by atoms with Crippen molar-refractivity contribution in [1.82, 2.24) is 15.3 Å². The lowest BCUT2D eigenvalue weighted by atomic mass is 10.1. The summed E-state index contributed by atoms with van der Waals surface area (Å²) in [5, 5.41) is 6.26. The molecular formula is C15H24N4O. The largest absolute Gasteiger partial charge is 0.350 e. The van der Waals surface area contributed by atoms with E-state index < -0.39 is 0 Å². The first-order valence-corrected chi connectivity index (χ1v) is 7.28. The van der Waals surface area contributed by atoms with Crippen LogP contribution in [0.1, 0.15) is 62.6 Å². The van der Waals surface area contributed by atoms with Crippen LogP contribution in [0.3, 0.4) is 0 Å².